The summed E-state index contributed by atoms with van der Waals surface area (Å²) in [7, 11) is 0. The van der Waals surface area contributed by atoms with Crippen LogP contribution in [-0.4, -0.2) is 35.0 Å². The molecular weight excluding hydrogens is 301 g/mol. The van der Waals surface area contributed by atoms with Gasteiger partial charge in [-0.15, -0.1) is 0 Å². The van der Waals surface area contributed by atoms with E-state index in [0.29, 0.717) is 11.0 Å². The summed E-state index contributed by atoms with van der Waals surface area (Å²) >= 11 is 0.843. The fraction of sp³-hybridized carbons (Fsp3) is 0.846. The number of hydrogen-bond acceptors (Lipinski definition) is 5. The number of alkyl halides is 3. The molecule has 0 amide bonds. The lowest BCUT2D eigenvalue weighted by Crippen LogP contribution is -2.46. The zero-order valence-electron chi connectivity index (χ0n) is 12.3. The van der Waals surface area contributed by atoms with E-state index >= 15 is 0 Å². The molecule has 1 unspecified atom stereocenters. The SMILES string of the molecule is CC(C)CNCC1CCCCN1c1nc(C(F)(F)F)ns1. The van der Waals surface area contributed by atoms with E-state index in [9.17, 15) is 13.2 Å². The van der Waals surface area contributed by atoms with Gasteiger partial charge in [0.1, 0.15) is 0 Å². The summed E-state index contributed by atoms with van der Waals surface area (Å²) < 4.78 is 41.3. The van der Waals surface area contributed by atoms with Gasteiger partial charge in [-0.3, -0.25) is 0 Å². The number of nitrogens with one attached hydrogen (secondary N) is 1. The van der Waals surface area contributed by atoms with Crippen LogP contribution < -0.4 is 10.2 Å². The molecule has 1 atom stereocenters. The molecule has 1 aromatic heterocycles. The zero-order chi connectivity index (χ0) is 15.5. The Hall–Kier alpha value is -0.890. The van der Waals surface area contributed by atoms with Crippen LogP contribution in [-0.2, 0) is 6.18 Å². The second-order valence-electron chi connectivity index (χ2n) is 5.79. The highest BCUT2D eigenvalue weighted by molar-refractivity contribution is 7.09. The van der Waals surface area contributed by atoms with Crippen LogP contribution in [0.15, 0.2) is 0 Å². The molecule has 0 aliphatic carbocycles. The highest BCUT2D eigenvalue weighted by Crippen LogP contribution is 2.32. The van der Waals surface area contributed by atoms with Crippen molar-refractivity contribution in [3.05, 3.63) is 5.82 Å². The predicted octanol–water partition coefficient (Wildman–Crippen LogP) is 3.16. The average Bonchev–Trinajstić information content (AvgIpc) is 2.88. The van der Waals surface area contributed by atoms with Crippen LogP contribution in [0.2, 0.25) is 0 Å². The first kappa shape index (κ1) is 16.5. The van der Waals surface area contributed by atoms with Crippen molar-refractivity contribution in [3.8, 4) is 0 Å². The number of anilines is 1. The van der Waals surface area contributed by atoms with Crippen LogP contribution in [0.5, 0.6) is 0 Å². The van der Waals surface area contributed by atoms with Crippen molar-refractivity contribution in [2.45, 2.75) is 45.3 Å². The Labute approximate surface area is 126 Å². The maximum Gasteiger partial charge on any atom is 0.452 e. The summed E-state index contributed by atoms with van der Waals surface area (Å²) in [5.41, 5.74) is 0. The third-order valence-electron chi connectivity index (χ3n) is 3.47. The Balaban J connectivity index is 2.02. The smallest absolute Gasteiger partial charge is 0.343 e. The third kappa shape index (κ3) is 4.54. The number of aromatic nitrogens is 2. The summed E-state index contributed by atoms with van der Waals surface area (Å²) in [5.74, 6) is -0.470. The second kappa shape index (κ2) is 6.91. The van der Waals surface area contributed by atoms with E-state index < -0.39 is 12.0 Å². The Morgan fingerprint density at radius 3 is 2.76 bits per heavy atom. The fourth-order valence-corrected chi connectivity index (χ4v) is 3.24. The summed E-state index contributed by atoms with van der Waals surface area (Å²) in [4.78, 5) is 5.66. The van der Waals surface area contributed by atoms with Gasteiger partial charge >= 0.3 is 6.18 Å². The van der Waals surface area contributed by atoms with Crippen LogP contribution in [0.25, 0.3) is 0 Å². The standard InChI is InChI=1S/C13H21F3N4S/c1-9(2)7-17-8-10-5-3-4-6-20(10)12-18-11(19-21-12)13(14,15)16/h9-10,17H,3-8H2,1-2H3. The molecule has 0 aromatic carbocycles. The molecule has 2 heterocycles. The molecule has 2 rings (SSSR count). The summed E-state index contributed by atoms with van der Waals surface area (Å²) in [6, 6.07) is 0.200. The first-order valence-electron chi connectivity index (χ1n) is 7.26. The topological polar surface area (TPSA) is 41.0 Å². The summed E-state index contributed by atoms with van der Waals surface area (Å²) in [5, 5.41) is 3.77. The minimum absolute atomic E-state index is 0.200. The quantitative estimate of drug-likeness (QED) is 0.904. The largest absolute Gasteiger partial charge is 0.452 e. The number of hydrogen-bond donors (Lipinski definition) is 1. The van der Waals surface area contributed by atoms with Crippen LogP contribution in [0.3, 0.4) is 0 Å². The van der Waals surface area contributed by atoms with Gasteiger partial charge in [0.15, 0.2) is 0 Å². The zero-order valence-corrected chi connectivity index (χ0v) is 13.1. The van der Waals surface area contributed by atoms with Gasteiger partial charge in [-0.2, -0.15) is 22.5 Å². The minimum atomic E-state index is -4.46. The van der Waals surface area contributed by atoms with Gasteiger partial charge in [-0.05, 0) is 31.7 Å². The molecule has 1 N–H and O–H groups in total. The molecular formula is C13H21F3N4S. The van der Waals surface area contributed by atoms with Crippen LogP contribution in [0.4, 0.5) is 18.3 Å². The van der Waals surface area contributed by atoms with Crippen molar-refractivity contribution < 1.29 is 13.2 Å². The molecule has 1 aliphatic heterocycles. The molecule has 0 bridgehead atoms. The fourth-order valence-electron chi connectivity index (χ4n) is 2.45. The first-order chi connectivity index (χ1) is 9.88. The molecule has 0 spiro atoms. The van der Waals surface area contributed by atoms with E-state index in [1.165, 1.54) is 0 Å². The van der Waals surface area contributed by atoms with E-state index in [0.717, 1.165) is 50.4 Å². The van der Waals surface area contributed by atoms with Crippen molar-refractivity contribution in [1.82, 2.24) is 14.7 Å². The van der Waals surface area contributed by atoms with E-state index in [2.05, 4.69) is 28.5 Å². The maximum absolute atomic E-state index is 12.6. The molecule has 120 valence electrons. The maximum atomic E-state index is 12.6. The summed E-state index contributed by atoms with van der Waals surface area (Å²) in [6.07, 6.45) is -1.39. The van der Waals surface area contributed by atoms with Gasteiger partial charge in [-0.1, -0.05) is 13.8 Å². The number of rotatable bonds is 5. The second-order valence-corrected chi connectivity index (χ2v) is 6.52. The van der Waals surface area contributed by atoms with Crippen molar-refractivity contribution in [2.75, 3.05) is 24.5 Å². The lowest BCUT2D eigenvalue weighted by molar-refractivity contribution is -0.144. The Morgan fingerprint density at radius 1 is 1.38 bits per heavy atom. The van der Waals surface area contributed by atoms with E-state index in [-0.39, 0.29) is 6.04 Å². The molecule has 4 nitrogen and oxygen atoms in total. The molecule has 0 radical (unpaired) electrons. The van der Waals surface area contributed by atoms with Crippen LogP contribution in [0.1, 0.15) is 38.9 Å². The number of nitrogens with zero attached hydrogens (tertiary/aromatic N) is 3. The Morgan fingerprint density at radius 2 is 2.14 bits per heavy atom. The Kier molecular flexibility index (Phi) is 5.43. The van der Waals surface area contributed by atoms with E-state index in [4.69, 9.17) is 0 Å². The Bertz CT molecular complexity index is 447. The minimum Gasteiger partial charge on any atom is -0.343 e. The van der Waals surface area contributed by atoms with E-state index in [1.807, 2.05) is 4.90 Å². The lowest BCUT2D eigenvalue weighted by atomic mass is 10.0. The normalized spacial score (nSPS) is 20.3. The van der Waals surface area contributed by atoms with Crippen LogP contribution >= 0.6 is 11.5 Å². The number of piperidine rings is 1. The molecule has 8 heteroatoms. The highest BCUT2D eigenvalue weighted by Gasteiger charge is 2.37. The monoisotopic (exact) mass is 322 g/mol. The van der Waals surface area contributed by atoms with Crippen LogP contribution in [0, 0.1) is 5.92 Å². The first-order valence-corrected chi connectivity index (χ1v) is 8.03. The number of halogens is 3. The van der Waals surface area contributed by atoms with Crippen molar-refractivity contribution in [1.29, 1.82) is 0 Å². The summed E-state index contributed by atoms with van der Waals surface area (Å²) in [6.45, 7) is 6.70. The highest BCUT2D eigenvalue weighted by atomic mass is 32.1. The molecule has 1 saturated heterocycles. The van der Waals surface area contributed by atoms with E-state index in [1.54, 1.807) is 0 Å². The lowest BCUT2D eigenvalue weighted by Gasteiger charge is -2.35. The van der Waals surface area contributed by atoms with Gasteiger partial charge in [0.2, 0.25) is 11.0 Å². The molecule has 0 saturated carbocycles. The predicted molar refractivity (Wildman–Crippen MR) is 77.6 cm³/mol. The van der Waals surface area contributed by atoms with Crippen molar-refractivity contribution in [2.24, 2.45) is 5.92 Å². The van der Waals surface area contributed by atoms with Crippen molar-refractivity contribution >= 4 is 16.7 Å². The van der Waals surface area contributed by atoms with Gasteiger partial charge in [0, 0.05) is 30.7 Å². The van der Waals surface area contributed by atoms with Gasteiger partial charge in [0.05, 0.1) is 0 Å². The van der Waals surface area contributed by atoms with Gasteiger partial charge in [-0.25, -0.2) is 0 Å². The average molecular weight is 322 g/mol. The van der Waals surface area contributed by atoms with Gasteiger partial charge in [0.25, 0.3) is 0 Å². The molecule has 1 aromatic rings. The molecule has 1 fully saturated rings. The van der Waals surface area contributed by atoms with Crippen molar-refractivity contribution in [3.63, 3.8) is 0 Å². The third-order valence-corrected chi connectivity index (χ3v) is 4.23. The van der Waals surface area contributed by atoms with Gasteiger partial charge < -0.3 is 10.2 Å². The molecule has 21 heavy (non-hydrogen) atoms. The molecule has 1 aliphatic rings.